The molecule has 0 bridgehead atoms. The maximum Gasteiger partial charge on any atom is 0.280 e. The lowest BCUT2D eigenvalue weighted by Gasteiger charge is -2.13. The van der Waals surface area contributed by atoms with Crippen LogP contribution in [0.3, 0.4) is 0 Å². The molecule has 1 aliphatic rings. The molecule has 0 aromatic heterocycles. The topological polar surface area (TPSA) is 111 Å². The zero-order valence-corrected chi connectivity index (χ0v) is 19.0. The Morgan fingerprint density at radius 1 is 1.29 bits per heavy atom. The number of primary sulfonamides is 1. The van der Waals surface area contributed by atoms with Crippen LogP contribution in [0.4, 0.5) is 5.69 Å². The molecule has 0 saturated heterocycles. The average Bonchev–Trinajstić information content (AvgIpc) is 3.00. The van der Waals surface area contributed by atoms with E-state index < -0.39 is 10.0 Å². The third kappa shape index (κ3) is 4.80. The zero-order chi connectivity index (χ0) is 22.8. The van der Waals surface area contributed by atoms with E-state index in [1.165, 1.54) is 36.4 Å². The zero-order valence-electron chi connectivity index (χ0n) is 16.6. The van der Waals surface area contributed by atoms with Crippen LogP contribution >= 0.6 is 15.9 Å². The summed E-state index contributed by atoms with van der Waals surface area (Å²) in [5.41, 5.74) is 1.98. The Bertz CT molecular complexity index is 1250. The maximum atomic E-state index is 13.0. The first-order valence-corrected chi connectivity index (χ1v) is 11.2. The molecule has 10 heteroatoms. The van der Waals surface area contributed by atoms with Gasteiger partial charge >= 0.3 is 0 Å². The number of amides is 1. The first-order chi connectivity index (χ1) is 14.7. The van der Waals surface area contributed by atoms with Gasteiger partial charge in [-0.2, -0.15) is 10.1 Å². The first kappa shape index (κ1) is 22.6. The lowest BCUT2D eigenvalue weighted by atomic mass is 10.1. The number of carbonyl (C=O) groups excluding carboxylic acids is 1. The number of rotatable bonds is 6. The number of hydrazone groups is 1. The fourth-order valence-electron chi connectivity index (χ4n) is 2.88. The molecular formula is C21H18BrN3O5S. The summed E-state index contributed by atoms with van der Waals surface area (Å²) >= 11 is 3.43. The van der Waals surface area contributed by atoms with Crippen molar-refractivity contribution in [3.05, 3.63) is 52.0 Å². The highest BCUT2D eigenvalue weighted by Crippen LogP contribution is 2.37. The van der Waals surface area contributed by atoms with Gasteiger partial charge in [-0.05, 0) is 70.9 Å². The molecule has 0 spiro atoms. The molecule has 31 heavy (non-hydrogen) atoms. The molecule has 1 heterocycles. The van der Waals surface area contributed by atoms with Gasteiger partial charge in [-0.1, -0.05) is 5.92 Å². The summed E-state index contributed by atoms with van der Waals surface area (Å²) < 4.78 is 34.3. The Labute approximate surface area is 188 Å². The standard InChI is InChI=1S/C21H18BrN3O5S/c1-4-9-30-20-18(22)11-14(12-19(20)29-3)10-17-13(2)24-25(21(17)26)15-5-7-16(8-6-15)31(23,27)28/h1,5-8,10-12H,9H2,2-3H3,(H2,23,27,28)/b17-10-. The van der Waals surface area contributed by atoms with Crippen molar-refractivity contribution < 1.29 is 22.7 Å². The van der Waals surface area contributed by atoms with Gasteiger partial charge in [-0.25, -0.2) is 13.6 Å². The molecule has 1 aliphatic heterocycles. The monoisotopic (exact) mass is 503 g/mol. The van der Waals surface area contributed by atoms with Gasteiger partial charge in [0.1, 0.15) is 6.61 Å². The minimum atomic E-state index is -3.83. The molecule has 2 aromatic carbocycles. The van der Waals surface area contributed by atoms with Gasteiger partial charge in [0.25, 0.3) is 5.91 Å². The van der Waals surface area contributed by atoms with Crippen molar-refractivity contribution in [2.45, 2.75) is 11.8 Å². The number of anilines is 1. The van der Waals surface area contributed by atoms with Crippen molar-refractivity contribution in [2.24, 2.45) is 10.2 Å². The quantitative estimate of drug-likeness (QED) is 0.481. The van der Waals surface area contributed by atoms with Crippen molar-refractivity contribution in [1.29, 1.82) is 0 Å². The number of carbonyl (C=O) groups is 1. The summed E-state index contributed by atoms with van der Waals surface area (Å²) in [7, 11) is -2.33. The van der Waals surface area contributed by atoms with E-state index in [1.54, 1.807) is 25.1 Å². The van der Waals surface area contributed by atoms with Gasteiger partial charge < -0.3 is 9.47 Å². The number of halogens is 1. The van der Waals surface area contributed by atoms with Crippen LogP contribution in [-0.2, 0) is 14.8 Å². The summed E-state index contributed by atoms with van der Waals surface area (Å²) in [5, 5.41) is 10.6. The largest absolute Gasteiger partial charge is 0.493 e. The van der Waals surface area contributed by atoms with E-state index in [-0.39, 0.29) is 17.4 Å². The Morgan fingerprint density at radius 3 is 2.55 bits per heavy atom. The van der Waals surface area contributed by atoms with Gasteiger partial charge in [0.2, 0.25) is 10.0 Å². The number of terminal acetylenes is 1. The molecular weight excluding hydrogens is 486 g/mol. The lowest BCUT2D eigenvalue weighted by molar-refractivity contribution is -0.114. The summed E-state index contributed by atoms with van der Waals surface area (Å²) in [5.74, 6) is 2.95. The van der Waals surface area contributed by atoms with E-state index in [9.17, 15) is 13.2 Å². The fourth-order valence-corrected chi connectivity index (χ4v) is 3.97. The summed E-state index contributed by atoms with van der Waals surface area (Å²) in [6.07, 6.45) is 6.92. The van der Waals surface area contributed by atoms with E-state index in [0.717, 1.165) is 0 Å². The van der Waals surface area contributed by atoms with Crippen LogP contribution in [0.25, 0.3) is 6.08 Å². The molecule has 0 saturated carbocycles. The number of methoxy groups -OCH3 is 1. The first-order valence-electron chi connectivity index (χ1n) is 8.84. The predicted octanol–water partition coefficient (Wildman–Crippen LogP) is 2.92. The van der Waals surface area contributed by atoms with Crippen LogP contribution in [0.2, 0.25) is 0 Å². The predicted molar refractivity (Wildman–Crippen MR) is 121 cm³/mol. The summed E-state index contributed by atoms with van der Waals surface area (Å²) in [6, 6.07) is 9.06. The molecule has 1 amide bonds. The second-order valence-corrected chi connectivity index (χ2v) is 8.84. The highest BCUT2D eigenvalue weighted by molar-refractivity contribution is 9.10. The van der Waals surface area contributed by atoms with E-state index in [4.69, 9.17) is 21.0 Å². The smallest absolute Gasteiger partial charge is 0.280 e. The second kappa shape index (κ2) is 8.93. The summed E-state index contributed by atoms with van der Waals surface area (Å²) in [4.78, 5) is 12.9. The third-order valence-corrected chi connectivity index (χ3v) is 5.85. The molecule has 0 radical (unpaired) electrons. The van der Waals surface area contributed by atoms with Gasteiger partial charge in [-0.15, -0.1) is 6.42 Å². The van der Waals surface area contributed by atoms with Gasteiger partial charge in [-0.3, -0.25) is 4.79 Å². The Morgan fingerprint density at radius 2 is 1.97 bits per heavy atom. The maximum absolute atomic E-state index is 13.0. The number of benzene rings is 2. The van der Waals surface area contributed by atoms with Crippen molar-refractivity contribution in [3.8, 4) is 23.8 Å². The normalized spacial score (nSPS) is 15.1. The molecule has 0 unspecified atom stereocenters. The Balaban J connectivity index is 1.93. The SMILES string of the molecule is C#CCOc1c(Br)cc(/C=C2\C(=O)N(c3ccc(S(N)(=O)=O)cc3)N=C2C)cc1OC. The minimum absolute atomic E-state index is 0.0524. The van der Waals surface area contributed by atoms with Crippen LogP contribution in [0.1, 0.15) is 12.5 Å². The third-order valence-electron chi connectivity index (χ3n) is 4.34. The van der Waals surface area contributed by atoms with E-state index in [0.29, 0.717) is 38.5 Å². The molecule has 3 rings (SSSR count). The Hall–Kier alpha value is -3.13. The van der Waals surface area contributed by atoms with Crippen molar-refractivity contribution in [1.82, 2.24) is 0 Å². The lowest BCUT2D eigenvalue weighted by Crippen LogP contribution is -2.21. The number of sulfonamides is 1. The van der Waals surface area contributed by atoms with Crippen molar-refractivity contribution in [2.75, 3.05) is 18.7 Å². The number of ether oxygens (including phenoxy) is 2. The van der Waals surface area contributed by atoms with Gasteiger partial charge in [0.05, 0.1) is 33.5 Å². The van der Waals surface area contributed by atoms with Gasteiger partial charge in [0.15, 0.2) is 11.5 Å². The van der Waals surface area contributed by atoms with Crippen LogP contribution in [-0.4, -0.2) is 33.8 Å². The van der Waals surface area contributed by atoms with E-state index >= 15 is 0 Å². The van der Waals surface area contributed by atoms with Crippen molar-refractivity contribution in [3.63, 3.8) is 0 Å². The number of nitrogens with zero attached hydrogens (tertiary/aromatic N) is 2. The fraction of sp³-hybridized carbons (Fsp3) is 0.143. The average molecular weight is 504 g/mol. The molecule has 0 fully saturated rings. The van der Waals surface area contributed by atoms with Crippen LogP contribution < -0.4 is 19.6 Å². The Kier molecular flexibility index (Phi) is 6.50. The number of nitrogens with two attached hydrogens (primary N) is 1. The molecule has 2 N–H and O–H groups in total. The van der Waals surface area contributed by atoms with E-state index in [1.807, 2.05) is 0 Å². The highest BCUT2D eigenvalue weighted by Gasteiger charge is 2.29. The molecule has 0 aliphatic carbocycles. The molecule has 160 valence electrons. The summed E-state index contributed by atoms with van der Waals surface area (Å²) in [6.45, 7) is 1.79. The number of hydrogen-bond donors (Lipinski definition) is 1. The highest BCUT2D eigenvalue weighted by atomic mass is 79.9. The van der Waals surface area contributed by atoms with Crippen LogP contribution in [0, 0.1) is 12.3 Å². The van der Waals surface area contributed by atoms with E-state index in [2.05, 4.69) is 27.0 Å². The van der Waals surface area contributed by atoms with Gasteiger partial charge in [0, 0.05) is 0 Å². The van der Waals surface area contributed by atoms with Crippen LogP contribution in [0.15, 0.2) is 56.4 Å². The molecule has 2 aromatic rings. The minimum Gasteiger partial charge on any atom is -0.493 e. The van der Waals surface area contributed by atoms with Crippen LogP contribution in [0.5, 0.6) is 11.5 Å². The number of hydrogen-bond acceptors (Lipinski definition) is 6. The molecule has 8 nitrogen and oxygen atoms in total. The second-order valence-electron chi connectivity index (χ2n) is 6.43. The van der Waals surface area contributed by atoms with Crippen molar-refractivity contribution >= 4 is 49.3 Å². The molecule has 0 atom stereocenters.